The van der Waals surface area contributed by atoms with E-state index in [0.29, 0.717) is 23.5 Å². The molecule has 0 N–H and O–H groups in total. The number of aryl methyl sites for hydroxylation is 1. The Labute approximate surface area is 120 Å². The van der Waals surface area contributed by atoms with E-state index in [2.05, 4.69) is 13.0 Å². The summed E-state index contributed by atoms with van der Waals surface area (Å²) in [7, 11) is 1.68. The Bertz CT molecular complexity index is 573. The number of Topliss-reactive ketones (excluding diaryl/α,β-unsaturated/α-hetero) is 1. The van der Waals surface area contributed by atoms with Gasteiger partial charge in [-0.2, -0.15) is 0 Å². The molecule has 0 heterocycles. The number of hydrogen-bond donors (Lipinski definition) is 0. The molecule has 2 heteroatoms. The highest BCUT2D eigenvalue weighted by Gasteiger charge is 2.67. The highest BCUT2D eigenvalue weighted by Crippen LogP contribution is 2.70. The van der Waals surface area contributed by atoms with E-state index in [1.807, 2.05) is 13.0 Å². The van der Waals surface area contributed by atoms with Crippen molar-refractivity contribution < 1.29 is 9.53 Å². The average molecular weight is 270 g/mol. The third-order valence-electron chi connectivity index (χ3n) is 6.18. The third kappa shape index (κ3) is 1.48. The predicted octanol–water partition coefficient (Wildman–Crippen LogP) is 3.79. The van der Waals surface area contributed by atoms with Crippen molar-refractivity contribution in [2.75, 3.05) is 7.11 Å². The van der Waals surface area contributed by atoms with Crippen LogP contribution in [-0.4, -0.2) is 12.9 Å². The average Bonchev–Trinajstić information content (AvgIpc) is 2.88. The van der Waals surface area contributed by atoms with Crippen LogP contribution >= 0.6 is 0 Å². The molecule has 0 saturated heterocycles. The van der Waals surface area contributed by atoms with Crippen molar-refractivity contribution in [3.8, 4) is 5.75 Å². The molecule has 4 unspecified atom stereocenters. The van der Waals surface area contributed by atoms with Crippen LogP contribution in [0.3, 0.4) is 0 Å². The van der Waals surface area contributed by atoms with Crippen LogP contribution in [0.25, 0.3) is 0 Å². The summed E-state index contributed by atoms with van der Waals surface area (Å²) in [6, 6.07) is 4.03. The molecule has 2 bridgehead atoms. The Morgan fingerprint density at radius 2 is 1.80 bits per heavy atom. The largest absolute Gasteiger partial charge is 0.496 e. The number of carbonyl (C=O) groups excluding carboxylic acids is 1. The van der Waals surface area contributed by atoms with E-state index in [0.717, 1.165) is 28.7 Å². The van der Waals surface area contributed by atoms with E-state index in [1.165, 1.54) is 24.8 Å². The molecule has 1 aromatic carbocycles. The number of rotatable bonds is 3. The van der Waals surface area contributed by atoms with Gasteiger partial charge in [0.2, 0.25) is 0 Å². The van der Waals surface area contributed by atoms with Gasteiger partial charge < -0.3 is 4.74 Å². The van der Waals surface area contributed by atoms with Gasteiger partial charge in [-0.25, -0.2) is 0 Å². The highest BCUT2D eigenvalue weighted by atomic mass is 16.5. The first-order valence-corrected chi connectivity index (χ1v) is 7.82. The minimum atomic E-state index is 0.303. The zero-order chi connectivity index (χ0) is 14.0. The Hall–Kier alpha value is -1.31. The molecular weight excluding hydrogens is 248 g/mol. The fourth-order valence-corrected chi connectivity index (χ4v) is 5.10. The van der Waals surface area contributed by atoms with Gasteiger partial charge in [0.25, 0.3) is 0 Å². The standard InChI is InChI=1S/C18H22O2/c1-9-4-7-13(18(20-3)10(9)2)17(19)16-14-11-5-6-12(8-11)15(14)16/h4,7,11-12,14-16H,5-6,8H2,1-3H3. The van der Waals surface area contributed by atoms with Crippen molar-refractivity contribution in [2.24, 2.45) is 29.6 Å². The van der Waals surface area contributed by atoms with Crippen LogP contribution < -0.4 is 4.74 Å². The molecule has 4 atom stereocenters. The molecule has 0 aromatic heterocycles. The summed E-state index contributed by atoms with van der Waals surface area (Å²) in [4.78, 5) is 12.9. The SMILES string of the molecule is COc1c(C(=O)C2C3C4CCC(C4)C23)ccc(C)c1C. The number of methoxy groups -OCH3 is 1. The van der Waals surface area contributed by atoms with E-state index >= 15 is 0 Å². The molecule has 1 aromatic rings. The van der Waals surface area contributed by atoms with E-state index < -0.39 is 0 Å². The topological polar surface area (TPSA) is 26.3 Å². The molecule has 0 spiro atoms. The summed E-state index contributed by atoms with van der Waals surface area (Å²) in [5, 5.41) is 0. The molecule has 3 saturated carbocycles. The first kappa shape index (κ1) is 12.4. The van der Waals surface area contributed by atoms with Crippen LogP contribution in [0.15, 0.2) is 12.1 Å². The van der Waals surface area contributed by atoms with Crippen LogP contribution in [0.1, 0.15) is 40.7 Å². The minimum Gasteiger partial charge on any atom is -0.496 e. The number of hydrogen-bond acceptors (Lipinski definition) is 2. The molecule has 0 amide bonds. The number of benzene rings is 1. The number of carbonyl (C=O) groups is 1. The Kier molecular flexibility index (Phi) is 2.55. The van der Waals surface area contributed by atoms with E-state index in [1.54, 1.807) is 7.11 Å². The second-order valence-electron chi connectivity index (χ2n) is 6.97. The molecular formula is C18H22O2. The maximum Gasteiger partial charge on any atom is 0.170 e. The Morgan fingerprint density at radius 3 is 2.40 bits per heavy atom. The fraction of sp³-hybridized carbons (Fsp3) is 0.611. The lowest BCUT2D eigenvalue weighted by atomic mass is 9.94. The van der Waals surface area contributed by atoms with Crippen molar-refractivity contribution in [1.29, 1.82) is 0 Å². The first-order chi connectivity index (χ1) is 9.63. The van der Waals surface area contributed by atoms with Gasteiger partial charge in [0.05, 0.1) is 12.7 Å². The van der Waals surface area contributed by atoms with Gasteiger partial charge in [0, 0.05) is 5.92 Å². The van der Waals surface area contributed by atoms with Crippen molar-refractivity contribution in [3.63, 3.8) is 0 Å². The molecule has 0 aliphatic heterocycles. The first-order valence-electron chi connectivity index (χ1n) is 7.82. The second-order valence-corrected chi connectivity index (χ2v) is 6.97. The van der Waals surface area contributed by atoms with Gasteiger partial charge in [-0.05, 0) is 74.0 Å². The maximum atomic E-state index is 12.9. The van der Waals surface area contributed by atoms with Gasteiger partial charge in [-0.3, -0.25) is 4.79 Å². The van der Waals surface area contributed by atoms with Crippen LogP contribution in [0.5, 0.6) is 5.75 Å². The van der Waals surface area contributed by atoms with Gasteiger partial charge >= 0.3 is 0 Å². The summed E-state index contributed by atoms with van der Waals surface area (Å²) in [6.07, 6.45) is 4.11. The Balaban J connectivity index is 1.66. The summed E-state index contributed by atoms with van der Waals surface area (Å²) in [5.41, 5.74) is 3.11. The van der Waals surface area contributed by atoms with E-state index in [4.69, 9.17) is 4.74 Å². The molecule has 0 radical (unpaired) electrons. The lowest BCUT2D eigenvalue weighted by Gasteiger charge is -2.14. The van der Waals surface area contributed by atoms with Crippen molar-refractivity contribution in [1.82, 2.24) is 0 Å². The third-order valence-corrected chi connectivity index (χ3v) is 6.18. The molecule has 2 nitrogen and oxygen atoms in total. The lowest BCUT2D eigenvalue weighted by Crippen LogP contribution is -2.12. The minimum absolute atomic E-state index is 0.303. The van der Waals surface area contributed by atoms with Gasteiger partial charge in [-0.15, -0.1) is 0 Å². The summed E-state index contributed by atoms with van der Waals surface area (Å²) >= 11 is 0. The number of ketones is 1. The maximum absolute atomic E-state index is 12.9. The molecule has 106 valence electrons. The zero-order valence-corrected chi connectivity index (χ0v) is 12.5. The quantitative estimate of drug-likeness (QED) is 0.781. The zero-order valence-electron chi connectivity index (χ0n) is 12.5. The fourth-order valence-electron chi connectivity index (χ4n) is 5.10. The van der Waals surface area contributed by atoms with Crippen molar-refractivity contribution in [2.45, 2.75) is 33.1 Å². The molecule has 20 heavy (non-hydrogen) atoms. The highest BCUT2D eigenvalue weighted by molar-refractivity contribution is 6.03. The van der Waals surface area contributed by atoms with E-state index in [-0.39, 0.29) is 0 Å². The number of ether oxygens (including phenoxy) is 1. The molecule has 3 aliphatic carbocycles. The second kappa shape index (κ2) is 4.09. The summed E-state index contributed by atoms with van der Waals surface area (Å²) < 4.78 is 5.53. The van der Waals surface area contributed by atoms with Gasteiger partial charge in [-0.1, -0.05) is 6.07 Å². The molecule has 4 rings (SSSR count). The summed E-state index contributed by atoms with van der Waals surface area (Å²) in [5.74, 6) is 4.54. The summed E-state index contributed by atoms with van der Waals surface area (Å²) in [6.45, 7) is 4.11. The van der Waals surface area contributed by atoms with Crippen LogP contribution in [0.4, 0.5) is 0 Å². The number of fused-ring (bicyclic) bond motifs is 5. The molecule has 3 fully saturated rings. The lowest BCUT2D eigenvalue weighted by molar-refractivity contribution is 0.0941. The molecule has 3 aliphatic rings. The smallest absolute Gasteiger partial charge is 0.170 e. The van der Waals surface area contributed by atoms with Crippen LogP contribution in [0, 0.1) is 43.4 Å². The van der Waals surface area contributed by atoms with Gasteiger partial charge in [0.1, 0.15) is 5.75 Å². The van der Waals surface area contributed by atoms with Crippen molar-refractivity contribution >= 4 is 5.78 Å². The Morgan fingerprint density at radius 1 is 1.15 bits per heavy atom. The van der Waals surface area contributed by atoms with Gasteiger partial charge in [0.15, 0.2) is 5.78 Å². The predicted molar refractivity (Wildman–Crippen MR) is 78.1 cm³/mol. The normalized spacial score (nSPS) is 36.9. The monoisotopic (exact) mass is 270 g/mol. The van der Waals surface area contributed by atoms with E-state index in [9.17, 15) is 4.79 Å². The van der Waals surface area contributed by atoms with Crippen LogP contribution in [-0.2, 0) is 0 Å². The van der Waals surface area contributed by atoms with Crippen LogP contribution in [0.2, 0.25) is 0 Å². The van der Waals surface area contributed by atoms with Crippen molar-refractivity contribution in [3.05, 3.63) is 28.8 Å².